The maximum atomic E-state index is 5.73. The zero-order chi connectivity index (χ0) is 11.7. The van der Waals surface area contributed by atoms with Gasteiger partial charge in [-0.05, 0) is 48.2 Å². The van der Waals surface area contributed by atoms with Crippen molar-refractivity contribution in [2.75, 3.05) is 24.5 Å². The highest BCUT2D eigenvalue weighted by atomic mass is 32.1. The van der Waals surface area contributed by atoms with E-state index in [0.29, 0.717) is 0 Å². The summed E-state index contributed by atoms with van der Waals surface area (Å²) in [6.45, 7) is 3.14. The molecule has 1 aliphatic heterocycles. The van der Waals surface area contributed by atoms with Crippen LogP contribution in [0.3, 0.4) is 0 Å². The van der Waals surface area contributed by atoms with Gasteiger partial charge in [-0.2, -0.15) is 0 Å². The molecule has 2 heterocycles. The minimum atomic E-state index is 0.734. The van der Waals surface area contributed by atoms with Crippen molar-refractivity contribution in [1.82, 2.24) is 0 Å². The lowest BCUT2D eigenvalue weighted by Crippen LogP contribution is -2.20. The SMILES string of the molecule is NCCc1ccc2ccsc2c1N1CCCC1. The molecular weight excluding hydrogens is 228 g/mol. The zero-order valence-corrected chi connectivity index (χ0v) is 10.8. The summed E-state index contributed by atoms with van der Waals surface area (Å²) in [4.78, 5) is 2.55. The van der Waals surface area contributed by atoms with Crippen LogP contribution in [0.1, 0.15) is 18.4 Å². The van der Waals surface area contributed by atoms with Crippen LogP contribution in [0.4, 0.5) is 5.69 Å². The van der Waals surface area contributed by atoms with Crippen molar-refractivity contribution in [3.8, 4) is 0 Å². The fourth-order valence-electron chi connectivity index (χ4n) is 2.70. The Morgan fingerprint density at radius 3 is 2.76 bits per heavy atom. The summed E-state index contributed by atoms with van der Waals surface area (Å²) in [6.07, 6.45) is 3.63. The van der Waals surface area contributed by atoms with E-state index in [1.54, 1.807) is 0 Å². The van der Waals surface area contributed by atoms with Crippen LogP contribution in [0.15, 0.2) is 23.6 Å². The van der Waals surface area contributed by atoms with Gasteiger partial charge in [0.05, 0.1) is 10.4 Å². The fraction of sp³-hybridized carbons (Fsp3) is 0.429. The third-order valence-electron chi connectivity index (χ3n) is 3.51. The van der Waals surface area contributed by atoms with E-state index in [1.807, 2.05) is 11.3 Å². The molecule has 90 valence electrons. The predicted octanol–water partition coefficient (Wildman–Crippen LogP) is 3.00. The first-order valence-corrected chi connectivity index (χ1v) is 7.22. The summed E-state index contributed by atoms with van der Waals surface area (Å²) in [5.41, 5.74) is 8.61. The second-order valence-electron chi connectivity index (χ2n) is 4.65. The van der Waals surface area contributed by atoms with Gasteiger partial charge in [0.15, 0.2) is 0 Å². The lowest BCUT2D eigenvalue weighted by atomic mass is 10.1. The molecular formula is C14H18N2S. The molecule has 0 spiro atoms. The summed E-state index contributed by atoms with van der Waals surface area (Å²) < 4.78 is 1.44. The number of hydrogen-bond acceptors (Lipinski definition) is 3. The summed E-state index contributed by atoms with van der Waals surface area (Å²) in [6, 6.07) is 6.71. The second kappa shape index (κ2) is 4.67. The highest BCUT2D eigenvalue weighted by Crippen LogP contribution is 2.36. The molecule has 0 radical (unpaired) electrons. The molecule has 0 bridgehead atoms. The Morgan fingerprint density at radius 2 is 2.00 bits per heavy atom. The normalized spacial score (nSPS) is 15.9. The molecule has 1 fully saturated rings. The quantitative estimate of drug-likeness (QED) is 0.902. The molecule has 1 aliphatic rings. The first kappa shape index (κ1) is 11.1. The molecule has 1 aromatic heterocycles. The van der Waals surface area contributed by atoms with E-state index in [9.17, 15) is 0 Å². The first-order chi connectivity index (χ1) is 8.40. The Balaban J connectivity index is 2.14. The van der Waals surface area contributed by atoms with Crippen molar-refractivity contribution in [1.29, 1.82) is 0 Å². The van der Waals surface area contributed by atoms with E-state index < -0.39 is 0 Å². The molecule has 17 heavy (non-hydrogen) atoms. The van der Waals surface area contributed by atoms with Crippen LogP contribution in [0.25, 0.3) is 10.1 Å². The number of fused-ring (bicyclic) bond motifs is 1. The van der Waals surface area contributed by atoms with E-state index in [0.717, 1.165) is 13.0 Å². The molecule has 0 saturated carbocycles. The van der Waals surface area contributed by atoms with Crippen LogP contribution in [0.5, 0.6) is 0 Å². The van der Waals surface area contributed by atoms with Gasteiger partial charge in [0, 0.05) is 13.1 Å². The highest BCUT2D eigenvalue weighted by molar-refractivity contribution is 7.17. The largest absolute Gasteiger partial charge is 0.370 e. The van der Waals surface area contributed by atoms with Crippen LogP contribution in [0, 0.1) is 0 Å². The van der Waals surface area contributed by atoms with E-state index in [-0.39, 0.29) is 0 Å². The number of rotatable bonds is 3. The smallest absolute Gasteiger partial charge is 0.0580 e. The molecule has 2 aromatic rings. The fourth-order valence-corrected chi connectivity index (χ4v) is 3.70. The van der Waals surface area contributed by atoms with E-state index in [4.69, 9.17) is 5.73 Å². The van der Waals surface area contributed by atoms with Crippen LogP contribution >= 0.6 is 11.3 Å². The lowest BCUT2D eigenvalue weighted by Gasteiger charge is -2.22. The third kappa shape index (κ3) is 1.94. The molecule has 3 heteroatoms. The average molecular weight is 246 g/mol. The minimum absolute atomic E-state index is 0.734. The van der Waals surface area contributed by atoms with Gasteiger partial charge in [0.25, 0.3) is 0 Å². The zero-order valence-electron chi connectivity index (χ0n) is 9.98. The first-order valence-electron chi connectivity index (χ1n) is 6.34. The topological polar surface area (TPSA) is 29.3 Å². The van der Waals surface area contributed by atoms with Crippen molar-refractivity contribution in [3.05, 3.63) is 29.1 Å². The van der Waals surface area contributed by atoms with E-state index >= 15 is 0 Å². The van der Waals surface area contributed by atoms with Crippen molar-refractivity contribution >= 4 is 27.1 Å². The molecule has 3 rings (SSSR count). The number of anilines is 1. The molecule has 0 unspecified atom stereocenters. The third-order valence-corrected chi connectivity index (χ3v) is 4.45. The van der Waals surface area contributed by atoms with Gasteiger partial charge >= 0.3 is 0 Å². The van der Waals surface area contributed by atoms with Gasteiger partial charge in [0.1, 0.15) is 0 Å². The summed E-state index contributed by atoms with van der Waals surface area (Å²) in [5, 5.41) is 3.56. The molecule has 1 saturated heterocycles. The Labute approximate surface area is 106 Å². The maximum absolute atomic E-state index is 5.73. The maximum Gasteiger partial charge on any atom is 0.0580 e. The predicted molar refractivity (Wildman–Crippen MR) is 76.0 cm³/mol. The Hall–Kier alpha value is -1.06. The van der Waals surface area contributed by atoms with Crippen LogP contribution in [-0.4, -0.2) is 19.6 Å². The van der Waals surface area contributed by atoms with E-state index in [2.05, 4.69) is 28.5 Å². The molecule has 0 amide bonds. The minimum Gasteiger partial charge on any atom is -0.370 e. The Bertz CT molecular complexity index is 512. The molecule has 0 atom stereocenters. The van der Waals surface area contributed by atoms with Crippen LogP contribution in [-0.2, 0) is 6.42 Å². The summed E-state index contributed by atoms with van der Waals surface area (Å²) in [5.74, 6) is 0. The summed E-state index contributed by atoms with van der Waals surface area (Å²) in [7, 11) is 0. The molecule has 2 nitrogen and oxygen atoms in total. The Kier molecular flexibility index (Phi) is 3.04. The standard InChI is InChI=1S/C14H18N2S/c15-7-5-11-3-4-12-6-10-17-14(12)13(11)16-8-1-2-9-16/h3-4,6,10H,1-2,5,7-9,15H2. The number of nitrogens with zero attached hydrogens (tertiary/aromatic N) is 1. The number of thiophene rings is 1. The second-order valence-corrected chi connectivity index (χ2v) is 5.56. The van der Waals surface area contributed by atoms with Gasteiger partial charge in [-0.3, -0.25) is 0 Å². The van der Waals surface area contributed by atoms with Gasteiger partial charge < -0.3 is 10.6 Å². The number of benzene rings is 1. The van der Waals surface area contributed by atoms with Gasteiger partial charge in [-0.15, -0.1) is 11.3 Å². The number of nitrogens with two attached hydrogens (primary N) is 1. The van der Waals surface area contributed by atoms with Gasteiger partial charge in [-0.25, -0.2) is 0 Å². The lowest BCUT2D eigenvalue weighted by molar-refractivity contribution is 0.925. The van der Waals surface area contributed by atoms with E-state index in [1.165, 1.54) is 47.3 Å². The van der Waals surface area contributed by atoms with Crippen molar-refractivity contribution < 1.29 is 0 Å². The highest BCUT2D eigenvalue weighted by Gasteiger charge is 2.18. The van der Waals surface area contributed by atoms with Crippen molar-refractivity contribution in [3.63, 3.8) is 0 Å². The van der Waals surface area contributed by atoms with Crippen LogP contribution < -0.4 is 10.6 Å². The molecule has 0 aliphatic carbocycles. The Morgan fingerprint density at radius 1 is 1.18 bits per heavy atom. The van der Waals surface area contributed by atoms with Crippen LogP contribution in [0.2, 0.25) is 0 Å². The number of hydrogen-bond donors (Lipinski definition) is 1. The summed E-state index contributed by atoms with van der Waals surface area (Å²) >= 11 is 1.86. The van der Waals surface area contributed by atoms with Gasteiger partial charge in [-0.1, -0.05) is 12.1 Å². The average Bonchev–Trinajstić information content (AvgIpc) is 2.99. The molecule has 2 N–H and O–H groups in total. The van der Waals surface area contributed by atoms with Crippen molar-refractivity contribution in [2.45, 2.75) is 19.3 Å². The molecule has 1 aromatic carbocycles. The monoisotopic (exact) mass is 246 g/mol. The van der Waals surface area contributed by atoms with Crippen molar-refractivity contribution in [2.24, 2.45) is 5.73 Å². The van der Waals surface area contributed by atoms with Gasteiger partial charge in [0.2, 0.25) is 0 Å².